The summed E-state index contributed by atoms with van der Waals surface area (Å²) in [6.07, 6.45) is 0. The maximum Gasteiger partial charge on any atom is 0.110 e. The molecular formula is C51H45P4+. The van der Waals surface area contributed by atoms with Crippen LogP contribution in [-0.2, 0) is 0 Å². The third kappa shape index (κ3) is 8.32. The van der Waals surface area contributed by atoms with E-state index in [1.807, 2.05) is 0 Å². The van der Waals surface area contributed by atoms with Crippen LogP contribution in [0.25, 0.3) is 0 Å². The molecular weight excluding hydrogens is 736 g/mol. The monoisotopic (exact) mass is 781 g/mol. The maximum absolute atomic E-state index is 3.03. The lowest BCUT2D eigenvalue weighted by Gasteiger charge is -2.36. The molecule has 268 valence electrons. The molecule has 0 amide bonds. The Morgan fingerprint density at radius 3 is 0.927 bits per heavy atom. The van der Waals surface area contributed by atoms with Gasteiger partial charge >= 0.3 is 0 Å². The number of hydrogen-bond acceptors (Lipinski definition) is 0. The molecule has 8 rings (SSSR count). The summed E-state index contributed by atoms with van der Waals surface area (Å²) < 4.78 is 0. The fourth-order valence-electron chi connectivity index (χ4n) is 7.58. The van der Waals surface area contributed by atoms with Crippen molar-refractivity contribution in [3.05, 3.63) is 243 Å². The highest BCUT2D eigenvalue weighted by Crippen LogP contribution is 2.68. The Labute approximate surface area is 330 Å². The van der Waals surface area contributed by atoms with Crippen LogP contribution in [0.2, 0.25) is 0 Å². The number of hydrogen-bond donors (Lipinski definition) is 0. The summed E-state index contributed by atoms with van der Waals surface area (Å²) >= 11 is 0. The van der Waals surface area contributed by atoms with Crippen molar-refractivity contribution in [2.45, 2.75) is 0 Å². The van der Waals surface area contributed by atoms with Crippen LogP contribution in [0.1, 0.15) is 0 Å². The lowest BCUT2D eigenvalue weighted by atomic mass is 10.4. The zero-order valence-electron chi connectivity index (χ0n) is 30.9. The molecule has 0 aliphatic rings. The van der Waals surface area contributed by atoms with E-state index in [0.29, 0.717) is 0 Å². The van der Waals surface area contributed by atoms with Gasteiger partial charge in [-0.15, -0.1) is 0 Å². The lowest BCUT2D eigenvalue weighted by Crippen LogP contribution is -2.32. The summed E-state index contributed by atoms with van der Waals surface area (Å²) in [6, 6.07) is 91.6. The minimum absolute atomic E-state index is 0.744. The highest BCUT2D eigenvalue weighted by molar-refractivity contribution is 8.17. The Hall–Kier alpha value is -4.65. The van der Waals surface area contributed by atoms with Crippen molar-refractivity contribution in [1.29, 1.82) is 0 Å². The van der Waals surface area contributed by atoms with Crippen LogP contribution in [0, 0.1) is 0 Å². The summed E-state index contributed by atoms with van der Waals surface area (Å²) in [6.45, 7) is -2.32. The average molecular weight is 782 g/mol. The van der Waals surface area contributed by atoms with Crippen molar-refractivity contribution >= 4 is 78.0 Å². The predicted molar refractivity (Wildman–Crippen MR) is 252 cm³/mol. The fraction of sp³-hybridized carbons (Fsp3) is 0.0392. The molecule has 0 nitrogen and oxygen atoms in total. The Morgan fingerprint density at radius 2 is 0.600 bits per heavy atom. The highest BCUT2D eigenvalue weighted by atomic mass is 31.2. The van der Waals surface area contributed by atoms with E-state index in [1.54, 1.807) is 0 Å². The van der Waals surface area contributed by atoms with Crippen molar-refractivity contribution in [1.82, 2.24) is 0 Å². The standard InChI is InChI=1S/C51H45P4/c1-9-25-44(26-10-1)52(45-27-11-2-12-28-45)41-54(48-33-17-5-18-34-48,49-35-19-6-20-36-49)43-55(50-37-21-7-22-38-50,51-39-23-8-24-40-51)42-53(46-29-13-3-14-30-46)47-31-15-4-16-32-47/h1-40,43H,41-42H2/q+1. The summed E-state index contributed by atoms with van der Waals surface area (Å²) in [7, 11) is -3.80. The molecule has 4 heteroatoms. The van der Waals surface area contributed by atoms with Gasteiger partial charge in [-0.2, -0.15) is 0 Å². The van der Waals surface area contributed by atoms with Gasteiger partial charge in [-0.1, -0.05) is 218 Å². The second-order valence-corrected chi connectivity index (χ2v) is 26.2. The first kappa shape index (κ1) is 37.3. The molecule has 0 bridgehead atoms. The van der Waals surface area contributed by atoms with E-state index >= 15 is 0 Å². The normalized spacial score (nSPS) is 11.7. The molecule has 55 heavy (non-hydrogen) atoms. The van der Waals surface area contributed by atoms with Crippen LogP contribution < -0.4 is 42.4 Å². The maximum atomic E-state index is 3.03. The minimum Gasteiger partial charge on any atom is -0.0622 e. The van der Waals surface area contributed by atoms with Gasteiger partial charge in [-0.25, -0.2) is 0 Å². The third-order valence-corrected chi connectivity index (χ3v) is 27.8. The van der Waals surface area contributed by atoms with E-state index in [0.717, 1.165) is 11.8 Å². The Morgan fingerprint density at radius 1 is 0.327 bits per heavy atom. The van der Waals surface area contributed by atoms with E-state index in [4.69, 9.17) is 0 Å². The van der Waals surface area contributed by atoms with Gasteiger partial charge in [-0.05, 0) is 78.8 Å². The fourth-order valence-corrected chi connectivity index (χ4v) is 29.2. The molecule has 8 aromatic rings. The SMILES string of the molecule is C(=P(CP(c1ccccc1)c1ccccc1)(c1ccccc1)c1ccccc1)[P+](CP(c1ccccc1)c1ccccc1)(c1ccccc1)c1ccccc1. The molecule has 0 fully saturated rings. The van der Waals surface area contributed by atoms with Crippen LogP contribution in [0.15, 0.2) is 243 Å². The molecule has 0 aromatic heterocycles. The molecule has 0 aliphatic heterocycles. The van der Waals surface area contributed by atoms with E-state index in [-0.39, 0.29) is 0 Å². The molecule has 0 saturated heterocycles. The smallest absolute Gasteiger partial charge is 0.0622 e. The number of benzene rings is 8. The summed E-state index contributed by atoms with van der Waals surface area (Å²) in [4.78, 5) is 0. The van der Waals surface area contributed by atoms with Crippen LogP contribution in [0.5, 0.6) is 0 Å². The van der Waals surface area contributed by atoms with Crippen molar-refractivity contribution < 1.29 is 0 Å². The van der Waals surface area contributed by atoms with E-state index < -0.39 is 30.0 Å². The number of rotatable bonds is 13. The largest absolute Gasteiger partial charge is 0.110 e. The van der Waals surface area contributed by atoms with Crippen molar-refractivity contribution in [3.63, 3.8) is 0 Å². The minimum atomic E-state index is -2.32. The van der Waals surface area contributed by atoms with Crippen LogP contribution in [0.4, 0.5) is 0 Å². The topological polar surface area (TPSA) is 0 Å². The molecule has 0 unspecified atom stereocenters. The van der Waals surface area contributed by atoms with Crippen molar-refractivity contribution in [2.75, 3.05) is 11.8 Å². The van der Waals surface area contributed by atoms with Gasteiger partial charge in [0.2, 0.25) is 0 Å². The van der Waals surface area contributed by atoms with Crippen molar-refractivity contribution in [2.24, 2.45) is 0 Å². The Bertz CT molecular complexity index is 2250. The predicted octanol–water partition coefficient (Wildman–Crippen LogP) is 10.3. The summed E-state index contributed by atoms with van der Waals surface area (Å²) in [5, 5.41) is 11.5. The van der Waals surface area contributed by atoms with E-state index in [1.165, 1.54) is 42.4 Å². The summed E-state index contributed by atoms with van der Waals surface area (Å²) in [5.74, 6) is 2.08. The molecule has 0 heterocycles. The second kappa shape index (κ2) is 17.9. The Balaban J connectivity index is 1.51. The quantitative estimate of drug-likeness (QED) is 0.102. The zero-order valence-corrected chi connectivity index (χ0v) is 34.5. The Kier molecular flexibility index (Phi) is 12.1. The van der Waals surface area contributed by atoms with Gasteiger partial charge in [0.1, 0.15) is 17.9 Å². The van der Waals surface area contributed by atoms with Gasteiger partial charge in [0, 0.05) is 5.90 Å². The van der Waals surface area contributed by atoms with Gasteiger partial charge in [0.05, 0.1) is 11.4 Å². The van der Waals surface area contributed by atoms with Crippen LogP contribution in [0.3, 0.4) is 0 Å². The zero-order chi connectivity index (χ0) is 37.2. The van der Waals surface area contributed by atoms with E-state index in [2.05, 4.69) is 248 Å². The molecule has 0 aliphatic carbocycles. The second-order valence-electron chi connectivity index (χ2n) is 13.7. The first-order valence-corrected chi connectivity index (χ1v) is 26.0. The first-order valence-electron chi connectivity index (χ1n) is 18.9. The molecule has 0 spiro atoms. The van der Waals surface area contributed by atoms with Crippen LogP contribution >= 0.6 is 30.0 Å². The van der Waals surface area contributed by atoms with Gasteiger partial charge in [0.25, 0.3) is 0 Å². The van der Waals surface area contributed by atoms with Gasteiger partial charge < -0.3 is 0 Å². The molecule has 0 N–H and O–H groups in total. The molecule has 8 aromatic carbocycles. The highest BCUT2D eigenvalue weighted by Gasteiger charge is 2.47. The average Bonchev–Trinajstić information content (AvgIpc) is 3.29. The van der Waals surface area contributed by atoms with Crippen LogP contribution in [-0.4, -0.2) is 17.3 Å². The van der Waals surface area contributed by atoms with E-state index in [9.17, 15) is 0 Å². The van der Waals surface area contributed by atoms with Gasteiger partial charge in [0.15, 0.2) is 0 Å². The summed E-state index contributed by atoms with van der Waals surface area (Å²) in [5.41, 5.74) is 3.03. The third-order valence-electron chi connectivity index (χ3n) is 10.3. The molecule has 0 saturated carbocycles. The first-order chi connectivity index (χ1) is 27.3. The van der Waals surface area contributed by atoms with Crippen molar-refractivity contribution in [3.8, 4) is 0 Å². The van der Waals surface area contributed by atoms with Gasteiger partial charge in [-0.3, -0.25) is 0 Å². The molecule has 0 radical (unpaired) electrons. The molecule has 0 atom stereocenters. The lowest BCUT2D eigenvalue weighted by molar-refractivity contribution is 1.72.